The van der Waals surface area contributed by atoms with E-state index < -0.39 is 0 Å². The van der Waals surface area contributed by atoms with Gasteiger partial charge in [-0.15, -0.1) is 0 Å². The number of aromatic nitrogens is 2. The first kappa shape index (κ1) is 12.6. The van der Waals surface area contributed by atoms with Crippen molar-refractivity contribution in [2.75, 3.05) is 0 Å². The van der Waals surface area contributed by atoms with Crippen LogP contribution in [-0.2, 0) is 29.1 Å². The zero-order chi connectivity index (χ0) is 15.6. The molecule has 0 aliphatic carbocycles. The Hall–Kier alpha value is -2.95. The molecular weight excluding hydrogens is 292 g/mol. The number of cyclic esters (lactones) is 1. The number of benzene rings is 1. The summed E-state index contributed by atoms with van der Waals surface area (Å²) in [5.41, 5.74) is 4.85. The Morgan fingerprint density at radius 2 is 1.96 bits per heavy atom. The zero-order valence-corrected chi connectivity index (χ0v) is 12.2. The van der Waals surface area contributed by atoms with Gasteiger partial charge in [-0.2, -0.15) is 0 Å². The third-order valence-electron chi connectivity index (χ3n) is 4.58. The quantitative estimate of drug-likeness (QED) is 0.466. The van der Waals surface area contributed by atoms with Crippen LogP contribution >= 0.6 is 0 Å². The van der Waals surface area contributed by atoms with Crippen molar-refractivity contribution in [1.82, 2.24) is 9.55 Å². The highest BCUT2D eigenvalue weighted by Crippen LogP contribution is 2.33. The Morgan fingerprint density at radius 3 is 2.87 bits per heavy atom. The van der Waals surface area contributed by atoms with Gasteiger partial charge in [0.05, 0.1) is 35.4 Å². The Morgan fingerprint density at radius 1 is 1.09 bits per heavy atom. The molecule has 0 spiro atoms. The van der Waals surface area contributed by atoms with E-state index in [1.165, 1.54) is 0 Å². The third kappa shape index (κ3) is 1.70. The summed E-state index contributed by atoms with van der Waals surface area (Å²) in [7, 11) is 0. The van der Waals surface area contributed by atoms with Gasteiger partial charge in [0, 0.05) is 10.9 Å². The van der Waals surface area contributed by atoms with E-state index in [4.69, 9.17) is 9.72 Å². The average Bonchev–Trinajstić information content (AvgIpc) is 2.91. The van der Waals surface area contributed by atoms with Gasteiger partial charge in [-0.05, 0) is 23.8 Å². The topological polar surface area (TPSA) is 61.2 Å². The molecule has 2 aliphatic rings. The normalized spacial score (nSPS) is 15.0. The predicted octanol–water partition coefficient (Wildman–Crippen LogP) is 2.02. The number of hydrogen-bond acceptors (Lipinski definition) is 4. The van der Waals surface area contributed by atoms with Gasteiger partial charge in [-0.3, -0.25) is 9.59 Å². The van der Waals surface area contributed by atoms with Crippen molar-refractivity contribution in [2.24, 2.45) is 0 Å². The number of carbonyl (C=O) groups excluding carboxylic acids is 1. The van der Waals surface area contributed by atoms with E-state index in [0.717, 1.165) is 33.4 Å². The molecule has 4 heterocycles. The van der Waals surface area contributed by atoms with Crippen LogP contribution in [0, 0.1) is 0 Å². The highest BCUT2D eigenvalue weighted by molar-refractivity contribution is 5.84. The second-order valence-corrected chi connectivity index (χ2v) is 5.95. The zero-order valence-electron chi connectivity index (χ0n) is 12.2. The van der Waals surface area contributed by atoms with Crippen LogP contribution in [-0.4, -0.2) is 15.5 Å². The lowest BCUT2D eigenvalue weighted by Crippen LogP contribution is -2.29. The van der Waals surface area contributed by atoms with E-state index in [1.807, 2.05) is 30.3 Å². The molecule has 2 aliphatic heterocycles. The van der Waals surface area contributed by atoms with Crippen molar-refractivity contribution in [2.45, 2.75) is 19.6 Å². The summed E-state index contributed by atoms with van der Waals surface area (Å²) >= 11 is 0. The number of pyridine rings is 2. The molecule has 3 aromatic rings. The molecule has 0 N–H and O–H groups in total. The lowest BCUT2D eigenvalue weighted by Gasteiger charge is -2.17. The van der Waals surface area contributed by atoms with Gasteiger partial charge in [0.15, 0.2) is 0 Å². The van der Waals surface area contributed by atoms with Crippen LogP contribution in [0.4, 0.5) is 0 Å². The second kappa shape index (κ2) is 4.29. The Kier molecular flexibility index (Phi) is 2.34. The van der Waals surface area contributed by atoms with Crippen molar-refractivity contribution in [3.63, 3.8) is 0 Å². The van der Waals surface area contributed by atoms with E-state index in [2.05, 4.69) is 6.07 Å². The van der Waals surface area contributed by atoms with Crippen LogP contribution in [0.15, 0.2) is 41.2 Å². The highest BCUT2D eigenvalue weighted by atomic mass is 16.5. The maximum Gasteiger partial charge on any atom is 0.310 e. The molecule has 0 atom stereocenters. The SMILES string of the molecule is O=C1Cc2cc3n(c(=O)c2CO1)Cc1cc2ccccc2nc1-3. The summed E-state index contributed by atoms with van der Waals surface area (Å²) in [5, 5.41) is 1.07. The van der Waals surface area contributed by atoms with Crippen LogP contribution in [0.25, 0.3) is 22.3 Å². The fraction of sp³-hybridized carbons (Fsp3) is 0.167. The number of fused-ring (bicyclic) bond motifs is 5. The molecule has 0 unspecified atom stereocenters. The first-order valence-electron chi connectivity index (χ1n) is 7.51. The van der Waals surface area contributed by atoms with Crippen LogP contribution in [0.3, 0.4) is 0 Å². The predicted molar refractivity (Wildman–Crippen MR) is 84.0 cm³/mol. The average molecular weight is 304 g/mol. The molecule has 0 amide bonds. The number of carbonyl (C=O) groups is 1. The Labute approximate surface area is 131 Å². The molecule has 23 heavy (non-hydrogen) atoms. The number of esters is 1. The summed E-state index contributed by atoms with van der Waals surface area (Å²) in [5.74, 6) is -0.286. The number of rotatable bonds is 0. The third-order valence-corrected chi connectivity index (χ3v) is 4.58. The van der Waals surface area contributed by atoms with E-state index in [0.29, 0.717) is 12.1 Å². The van der Waals surface area contributed by atoms with Gasteiger partial charge >= 0.3 is 5.97 Å². The molecule has 0 saturated carbocycles. The number of ether oxygens (including phenoxy) is 1. The maximum atomic E-state index is 12.7. The van der Waals surface area contributed by atoms with Gasteiger partial charge in [0.2, 0.25) is 0 Å². The number of nitrogens with zero attached hydrogens (tertiary/aromatic N) is 2. The standard InChI is InChI=1S/C18H12N2O3/c21-16-7-11-6-15-17-12(5-10-3-1-2-4-14(10)19-17)8-20(15)18(22)13(11)9-23-16/h1-6H,7-9H2. The second-order valence-electron chi connectivity index (χ2n) is 5.95. The van der Waals surface area contributed by atoms with Crippen LogP contribution in [0.1, 0.15) is 16.7 Å². The van der Waals surface area contributed by atoms with Gasteiger partial charge in [0.1, 0.15) is 6.61 Å². The fourth-order valence-corrected chi connectivity index (χ4v) is 3.44. The van der Waals surface area contributed by atoms with Crippen molar-refractivity contribution in [3.05, 3.63) is 63.4 Å². The molecule has 2 aromatic heterocycles. The molecule has 1 aromatic carbocycles. The van der Waals surface area contributed by atoms with E-state index >= 15 is 0 Å². The van der Waals surface area contributed by atoms with Gasteiger partial charge < -0.3 is 9.30 Å². The molecular formula is C18H12N2O3. The summed E-state index contributed by atoms with van der Waals surface area (Å²) < 4.78 is 6.75. The summed E-state index contributed by atoms with van der Waals surface area (Å²) in [6, 6.07) is 11.9. The summed E-state index contributed by atoms with van der Waals surface area (Å²) in [6.45, 7) is 0.585. The Bertz CT molecular complexity index is 1070. The molecule has 112 valence electrons. The van der Waals surface area contributed by atoms with Gasteiger partial charge in [0.25, 0.3) is 5.56 Å². The van der Waals surface area contributed by atoms with Gasteiger partial charge in [-0.25, -0.2) is 4.98 Å². The number of para-hydroxylation sites is 1. The number of hydrogen-bond donors (Lipinski definition) is 0. The first-order chi connectivity index (χ1) is 11.2. The smallest absolute Gasteiger partial charge is 0.310 e. The van der Waals surface area contributed by atoms with Crippen molar-refractivity contribution in [3.8, 4) is 11.4 Å². The molecule has 5 nitrogen and oxygen atoms in total. The monoisotopic (exact) mass is 304 g/mol. The van der Waals surface area contributed by atoms with Crippen LogP contribution in [0.5, 0.6) is 0 Å². The highest BCUT2D eigenvalue weighted by Gasteiger charge is 2.28. The van der Waals surface area contributed by atoms with E-state index in [9.17, 15) is 9.59 Å². The molecule has 5 rings (SSSR count). The van der Waals surface area contributed by atoms with Gasteiger partial charge in [-0.1, -0.05) is 18.2 Å². The maximum absolute atomic E-state index is 12.7. The minimum absolute atomic E-state index is 0.0685. The van der Waals surface area contributed by atoms with Crippen molar-refractivity contribution < 1.29 is 9.53 Å². The fourth-order valence-electron chi connectivity index (χ4n) is 3.44. The van der Waals surface area contributed by atoms with E-state index in [-0.39, 0.29) is 24.6 Å². The largest absolute Gasteiger partial charge is 0.460 e. The molecule has 0 saturated heterocycles. The van der Waals surface area contributed by atoms with E-state index in [1.54, 1.807) is 4.57 Å². The molecule has 0 radical (unpaired) electrons. The van der Waals surface area contributed by atoms with Crippen molar-refractivity contribution >= 4 is 16.9 Å². The lowest BCUT2D eigenvalue weighted by molar-refractivity contribution is -0.145. The lowest BCUT2D eigenvalue weighted by atomic mass is 10.0. The minimum atomic E-state index is -0.286. The van der Waals surface area contributed by atoms with Crippen molar-refractivity contribution in [1.29, 1.82) is 0 Å². The Balaban J connectivity index is 1.79. The summed E-state index contributed by atoms with van der Waals surface area (Å²) in [4.78, 5) is 29.0. The summed E-state index contributed by atoms with van der Waals surface area (Å²) in [6.07, 6.45) is 0.154. The minimum Gasteiger partial charge on any atom is -0.460 e. The molecule has 0 bridgehead atoms. The molecule has 0 fully saturated rings. The first-order valence-corrected chi connectivity index (χ1v) is 7.51. The van der Waals surface area contributed by atoms with Crippen LogP contribution < -0.4 is 5.56 Å². The molecule has 5 heteroatoms. The van der Waals surface area contributed by atoms with Crippen LogP contribution in [0.2, 0.25) is 0 Å².